The summed E-state index contributed by atoms with van der Waals surface area (Å²) in [5.74, 6) is 0.400. The van der Waals surface area contributed by atoms with Gasteiger partial charge in [-0.2, -0.15) is 13.2 Å². The zero-order valence-corrected chi connectivity index (χ0v) is 18.6. The van der Waals surface area contributed by atoms with E-state index >= 15 is 0 Å². The van der Waals surface area contributed by atoms with Crippen LogP contribution in [0.15, 0.2) is 35.3 Å². The van der Waals surface area contributed by atoms with Gasteiger partial charge in [0.1, 0.15) is 5.82 Å². The van der Waals surface area contributed by atoms with Crippen LogP contribution in [0.4, 0.5) is 19.0 Å². The number of aliphatic hydroxyl groups is 1. The van der Waals surface area contributed by atoms with E-state index in [1.165, 1.54) is 6.07 Å². The number of carbonyl (C=O) groups is 1. The Morgan fingerprint density at radius 2 is 1.94 bits per heavy atom. The third kappa shape index (κ3) is 6.06. The van der Waals surface area contributed by atoms with E-state index in [9.17, 15) is 18.0 Å². The van der Waals surface area contributed by atoms with Crippen molar-refractivity contribution in [3.05, 3.63) is 47.0 Å². The highest BCUT2D eigenvalue weighted by molar-refractivity contribution is 5.87. The highest BCUT2D eigenvalue weighted by Gasteiger charge is 2.31. The number of alkyl halides is 3. The number of likely N-dealkylation sites (tertiary alicyclic amines) is 1. The number of aromatic nitrogens is 1. The quantitative estimate of drug-likeness (QED) is 0.687. The van der Waals surface area contributed by atoms with Crippen LogP contribution < -0.4 is 5.73 Å². The highest BCUT2D eigenvalue weighted by atomic mass is 19.4. The Morgan fingerprint density at radius 1 is 1.25 bits per heavy atom. The smallest absolute Gasteiger partial charge is 0.400 e. The zero-order chi connectivity index (χ0) is 24.1. The second-order valence-electron chi connectivity index (χ2n) is 7.81. The van der Waals surface area contributed by atoms with Crippen molar-refractivity contribution in [3.63, 3.8) is 0 Å². The molecule has 1 saturated heterocycles. The van der Waals surface area contributed by atoms with Gasteiger partial charge < -0.3 is 15.7 Å². The number of nitrogens with two attached hydrogens (primary N) is 1. The zero-order valence-electron chi connectivity index (χ0n) is 18.6. The van der Waals surface area contributed by atoms with Gasteiger partial charge in [-0.3, -0.25) is 9.79 Å². The Labute approximate surface area is 186 Å². The number of nitrogen functional groups attached to an aromatic ring is 1. The van der Waals surface area contributed by atoms with E-state index in [-0.39, 0.29) is 23.8 Å². The van der Waals surface area contributed by atoms with Gasteiger partial charge in [0.25, 0.3) is 0 Å². The lowest BCUT2D eigenvalue weighted by molar-refractivity contribution is -0.137. The molecule has 32 heavy (non-hydrogen) atoms. The molecule has 0 spiro atoms. The molecule has 1 aromatic carbocycles. The molecule has 1 fully saturated rings. The maximum atomic E-state index is 12.9. The number of carbonyl (C=O) groups excluding carboxylic acids is 1. The van der Waals surface area contributed by atoms with Crippen molar-refractivity contribution in [2.45, 2.75) is 51.9 Å². The van der Waals surface area contributed by atoms with Crippen LogP contribution >= 0.6 is 0 Å². The minimum atomic E-state index is -4.38. The summed E-state index contributed by atoms with van der Waals surface area (Å²) < 4.78 is 38.6. The first-order valence-corrected chi connectivity index (χ1v) is 10.3. The molecule has 0 saturated carbocycles. The first kappa shape index (κ1) is 25.3. The number of benzene rings is 1. The van der Waals surface area contributed by atoms with Crippen LogP contribution in [-0.4, -0.2) is 52.9 Å². The predicted molar refractivity (Wildman–Crippen MR) is 119 cm³/mol. The van der Waals surface area contributed by atoms with E-state index in [0.717, 1.165) is 19.2 Å². The predicted octanol–water partition coefficient (Wildman–Crippen LogP) is 4.08. The van der Waals surface area contributed by atoms with Crippen molar-refractivity contribution in [2.24, 2.45) is 4.99 Å². The first-order valence-electron chi connectivity index (χ1n) is 10.3. The number of pyridine rings is 1. The summed E-state index contributed by atoms with van der Waals surface area (Å²) in [5, 5.41) is 7.00. The Morgan fingerprint density at radius 3 is 2.50 bits per heavy atom. The van der Waals surface area contributed by atoms with Crippen LogP contribution in [0.5, 0.6) is 0 Å². The van der Waals surface area contributed by atoms with Crippen molar-refractivity contribution in [1.29, 1.82) is 0 Å². The van der Waals surface area contributed by atoms with Crippen LogP contribution in [0.3, 0.4) is 0 Å². The monoisotopic (exact) mass is 450 g/mol. The summed E-state index contributed by atoms with van der Waals surface area (Å²) in [6.07, 6.45) is -1.57. The average molecular weight is 451 g/mol. The lowest BCUT2D eigenvalue weighted by Crippen LogP contribution is -2.45. The van der Waals surface area contributed by atoms with Gasteiger partial charge in [-0.25, -0.2) is 4.98 Å². The molecule has 2 heterocycles. The molecule has 0 aliphatic carbocycles. The van der Waals surface area contributed by atoms with E-state index < -0.39 is 11.7 Å². The number of aliphatic hydroxyl groups excluding tert-OH is 1. The lowest BCUT2D eigenvalue weighted by Gasteiger charge is -2.33. The van der Waals surface area contributed by atoms with E-state index in [4.69, 9.17) is 10.8 Å². The molecule has 6 nitrogen and oxygen atoms in total. The molecule has 1 aliphatic heterocycles. The molecular formula is C23H29F3N4O2. The van der Waals surface area contributed by atoms with Gasteiger partial charge in [0.05, 0.1) is 17.3 Å². The summed E-state index contributed by atoms with van der Waals surface area (Å²) in [7, 11) is 1.00. The summed E-state index contributed by atoms with van der Waals surface area (Å²) in [4.78, 5) is 22.7. The number of piperidine rings is 1. The largest absolute Gasteiger partial charge is 0.416 e. The normalized spacial score (nSPS) is 17.0. The summed E-state index contributed by atoms with van der Waals surface area (Å²) in [6, 6.07) is 7.17. The number of hydrogen-bond acceptors (Lipinski definition) is 5. The summed E-state index contributed by atoms with van der Waals surface area (Å²) >= 11 is 0. The van der Waals surface area contributed by atoms with Gasteiger partial charge in [0, 0.05) is 43.5 Å². The second kappa shape index (κ2) is 10.6. The molecule has 1 unspecified atom stereocenters. The van der Waals surface area contributed by atoms with Crippen LogP contribution in [0.25, 0.3) is 11.3 Å². The number of halogens is 3. The molecule has 0 bridgehead atoms. The van der Waals surface area contributed by atoms with Gasteiger partial charge in [0.2, 0.25) is 5.91 Å². The topological polar surface area (TPSA) is 91.8 Å². The number of hydrogen-bond donors (Lipinski definition) is 2. The average Bonchev–Trinajstić information content (AvgIpc) is 2.74. The van der Waals surface area contributed by atoms with Crippen LogP contribution in [0, 0.1) is 6.92 Å². The van der Waals surface area contributed by atoms with Crippen LogP contribution in [0.2, 0.25) is 0 Å². The van der Waals surface area contributed by atoms with E-state index in [1.54, 1.807) is 25.3 Å². The molecule has 3 rings (SSSR count). The SMILES string of the molecule is CO.Cc1cc(C(F)(F)F)ccc1-c1ccc(C=NC2CCC(=O)N(C(C)C)C2)c(N)n1. The summed E-state index contributed by atoms with van der Waals surface area (Å²) in [5.41, 5.74) is 7.59. The van der Waals surface area contributed by atoms with Gasteiger partial charge in [-0.05, 0) is 57.0 Å². The fourth-order valence-corrected chi connectivity index (χ4v) is 3.53. The van der Waals surface area contributed by atoms with Gasteiger partial charge in [0.15, 0.2) is 0 Å². The molecule has 1 amide bonds. The van der Waals surface area contributed by atoms with Crippen molar-refractivity contribution >= 4 is 17.9 Å². The highest BCUT2D eigenvalue weighted by Crippen LogP contribution is 2.33. The minimum Gasteiger partial charge on any atom is -0.400 e. The fraction of sp³-hybridized carbons (Fsp3) is 0.435. The maximum Gasteiger partial charge on any atom is 0.416 e. The maximum absolute atomic E-state index is 12.9. The minimum absolute atomic E-state index is 0.00124. The molecule has 174 valence electrons. The lowest BCUT2D eigenvalue weighted by atomic mass is 10.0. The fourth-order valence-electron chi connectivity index (χ4n) is 3.53. The standard InChI is InChI=1S/C22H25F3N4O.CH4O/c1-13(2)29-12-17(6-9-20(29)30)27-11-15-4-8-19(28-21(15)26)18-7-5-16(10-14(18)3)22(23,24)25;1-2/h4-5,7-8,10-11,13,17H,6,9,12H2,1-3H3,(H2,26,28);2H,1H3. The molecule has 2 aromatic rings. The molecule has 1 atom stereocenters. The number of amides is 1. The molecule has 1 aromatic heterocycles. The molecule has 9 heteroatoms. The Bertz CT molecular complexity index is 974. The van der Waals surface area contributed by atoms with Crippen molar-refractivity contribution in [3.8, 4) is 11.3 Å². The Balaban J connectivity index is 0.00000176. The van der Waals surface area contributed by atoms with E-state index in [0.29, 0.717) is 41.8 Å². The number of aryl methyl sites for hydroxylation is 1. The second-order valence-corrected chi connectivity index (χ2v) is 7.81. The number of anilines is 1. The van der Waals surface area contributed by atoms with Crippen molar-refractivity contribution < 1.29 is 23.1 Å². The van der Waals surface area contributed by atoms with E-state index in [1.807, 2.05) is 18.7 Å². The molecule has 1 aliphatic rings. The number of aliphatic imine (C=N–C) groups is 1. The first-order chi connectivity index (χ1) is 15.1. The van der Waals surface area contributed by atoms with Crippen LogP contribution in [0.1, 0.15) is 43.4 Å². The van der Waals surface area contributed by atoms with Crippen molar-refractivity contribution in [1.82, 2.24) is 9.88 Å². The Hall–Kier alpha value is -2.94. The third-order valence-corrected chi connectivity index (χ3v) is 5.25. The van der Waals surface area contributed by atoms with E-state index in [2.05, 4.69) is 9.98 Å². The number of nitrogens with zero attached hydrogens (tertiary/aromatic N) is 3. The van der Waals surface area contributed by atoms with Gasteiger partial charge in [-0.15, -0.1) is 0 Å². The van der Waals surface area contributed by atoms with Crippen molar-refractivity contribution in [2.75, 3.05) is 19.4 Å². The van der Waals surface area contributed by atoms with Gasteiger partial charge >= 0.3 is 6.18 Å². The van der Waals surface area contributed by atoms with Gasteiger partial charge in [-0.1, -0.05) is 6.07 Å². The molecular weight excluding hydrogens is 421 g/mol. The summed E-state index contributed by atoms with van der Waals surface area (Å²) in [6.45, 7) is 6.15. The Kier molecular flexibility index (Phi) is 8.38. The molecule has 3 N–H and O–H groups in total. The molecule has 0 radical (unpaired) electrons. The van der Waals surface area contributed by atoms with Crippen LogP contribution in [-0.2, 0) is 11.0 Å². The third-order valence-electron chi connectivity index (χ3n) is 5.25. The number of rotatable bonds is 4.